The molecule has 0 unspecified atom stereocenters. The summed E-state index contributed by atoms with van der Waals surface area (Å²) in [5, 5.41) is 3.26. The second-order valence-electron chi connectivity index (χ2n) is 6.71. The van der Waals surface area contributed by atoms with Crippen molar-refractivity contribution < 1.29 is 14.3 Å². The maximum absolute atomic E-state index is 13.3. The molecule has 0 bridgehead atoms. The van der Waals surface area contributed by atoms with Crippen molar-refractivity contribution in [2.24, 2.45) is 0 Å². The van der Waals surface area contributed by atoms with Crippen LogP contribution < -0.4 is 15.8 Å². The first-order valence-electron chi connectivity index (χ1n) is 9.25. The third-order valence-electron chi connectivity index (χ3n) is 4.88. The number of halogens is 2. The summed E-state index contributed by atoms with van der Waals surface area (Å²) >= 11 is 12.2. The molecule has 0 fully saturated rings. The highest BCUT2D eigenvalue weighted by atomic mass is 35.5. The summed E-state index contributed by atoms with van der Waals surface area (Å²) in [6, 6.07) is 16.8. The van der Waals surface area contributed by atoms with Crippen LogP contribution in [0.5, 0.6) is 5.75 Å². The molecule has 0 saturated carbocycles. The number of methoxy groups -OCH3 is 1. The quantitative estimate of drug-likeness (QED) is 0.400. The number of hydrogen-bond donors (Lipinski definition) is 2. The SMILES string of the molecule is COc1ccc(C(=O)c2c(N)c(C(=O)Nc3cccc(Cl)c3Cl)c3ccccn23)cc1. The average Bonchev–Trinajstić information content (AvgIpc) is 3.08. The van der Waals surface area contributed by atoms with Crippen LogP contribution in [0.3, 0.4) is 0 Å². The smallest absolute Gasteiger partial charge is 0.260 e. The molecule has 0 aliphatic rings. The first kappa shape index (κ1) is 20.8. The van der Waals surface area contributed by atoms with Crippen molar-refractivity contribution in [3.05, 3.63) is 93.7 Å². The minimum atomic E-state index is -0.501. The van der Waals surface area contributed by atoms with Gasteiger partial charge in [-0.2, -0.15) is 0 Å². The van der Waals surface area contributed by atoms with E-state index in [0.717, 1.165) is 0 Å². The Bertz CT molecular complexity index is 1310. The van der Waals surface area contributed by atoms with Gasteiger partial charge in [0.2, 0.25) is 5.78 Å². The third-order valence-corrected chi connectivity index (χ3v) is 5.69. The van der Waals surface area contributed by atoms with Crippen molar-refractivity contribution in [2.75, 3.05) is 18.2 Å². The molecule has 0 atom stereocenters. The Hall–Kier alpha value is -3.48. The molecule has 3 N–H and O–H groups in total. The van der Waals surface area contributed by atoms with Crippen LogP contribution in [0.2, 0.25) is 10.0 Å². The lowest BCUT2D eigenvalue weighted by atomic mass is 10.1. The van der Waals surface area contributed by atoms with Gasteiger partial charge in [-0.3, -0.25) is 9.59 Å². The van der Waals surface area contributed by atoms with Crippen LogP contribution in [0, 0.1) is 0 Å². The molecule has 6 nitrogen and oxygen atoms in total. The normalized spacial score (nSPS) is 10.8. The van der Waals surface area contributed by atoms with Crippen LogP contribution in [0.1, 0.15) is 26.4 Å². The van der Waals surface area contributed by atoms with Gasteiger partial charge in [0.1, 0.15) is 11.4 Å². The molecule has 4 aromatic rings. The molecule has 156 valence electrons. The number of hydrogen-bond acceptors (Lipinski definition) is 4. The lowest BCUT2D eigenvalue weighted by Gasteiger charge is -2.08. The standard InChI is InChI=1S/C23H17Cl2N3O3/c1-31-14-10-8-13(9-11-14)22(29)21-20(26)18(17-7-2-3-12-28(17)21)23(30)27-16-6-4-5-15(24)19(16)25/h2-12H,26H2,1H3,(H,27,30). The van der Waals surface area contributed by atoms with Crippen LogP contribution in [-0.4, -0.2) is 23.2 Å². The van der Waals surface area contributed by atoms with Gasteiger partial charge < -0.3 is 20.2 Å². The molecule has 2 aromatic heterocycles. The number of fused-ring (bicyclic) bond motifs is 1. The summed E-state index contributed by atoms with van der Waals surface area (Å²) in [7, 11) is 1.55. The summed E-state index contributed by atoms with van der Waals surface area (Å²) in [5.41, 5.74) is 8.05. The highest BCUT2D eigenvalue weighted by Crippen LogP contribution is 2.33. The summed E-state index contributed by atoms with van der Waals surface area (Å²) in [4.78, 5) is 26.4. The van der Waals surface area contributed by atoms with Gasteiger partial charge >= 0.3 is 0 Å². The number of carbonyl (C=O) groups excluding carboxylic acids is 2. The first-order valence-corrected chi connectivity index (χ1v) is 10.0. The number of carbonyl (C=O) groups is 2. The Kier molecular flexibility index (Phi) is 5.59. The molecule has 0 aliphatic heterocycles. The van der Waals surface area contributed by atoms with Gasteiger partial charge in [-0.25, -0.2) is 0 Å². The van der Waals surface area contributed by atoms with Gasteiger partial charge in [-0.15, -0.1) is 0 Å². The van der Waals surface area contributed by atoms with E-state index in [1.165, 1.54) is 0 Å². The number of nitrogen functional groups attached to an aromatic ring is 1. The zero-order valence-electron chi connectivity index (χ0n) is 16.4. The van der Waals surface area contributed by atoms with Gasteiger partial charge in [0.05, 0.1) is 39.6 Å². The molecule has 0 saturated heterocycles. The van der Waals surface area contributed by atoms with E-state index in [1.807, 2.05) is 0 Å². The van der Waals surface area contributed by atoms with E-state index in [-0.39, 0.29) is 27.8 Å². The Morgan fingerprint density at radius 3 is 2.45 bits per heavy atom. The number of ketones is 1. The van der Waals surface area contributed by atoms with E-state index in [2.05, 4.69) is 5.32 Å². The number of nitrogens with two attached hydrogens (primary N) is 1. The number of nitrogens with zero attached hydrogens (tertiary/aromatic N) is 1. The third kappa shape index (κ3) is 3.71. The maximum atomic E-state index is 13.3. The number of ether oxygens (including phenoxy) is 1. The van der Waals surface area contributed by atoms with E-state index < -0.39 is 5.91 Å². The van der Waals surface area contributed by atoms with Crippen molar-refractivity contribution >= 4 is 51.8 Å². The molecule has 2 aromatic carbocycles. The topological polar surface area (TPSA) is 85.8 Å². The fourth-order valence-electron chi connectivity index (χ4n) is 3.36. The van der Waals surface area contributed by atoms with Crippen molar-refractivity contribution in [3.63, 3.8) is 0 Å². The van der Waals surface area contributed by atoms with Gasteiger partial charge in [0.25, 0.3) is 5.91 Å². The predicted molar refractivity (Wildman–Crippen MR) is 123 cm³/mol. The van der Waals surface area contributed by atoms with Crippen molar-refractivity contribution in [1.29, 1.82) is 0 Å². The summed E-state index contributed by atoms with van der Waals surface area (Å²) < 4.78 is 6.75. The van der Waals surface area contributed by atoms with Crippen molar-refractivity contribution in [2.45, 2.75) is 0 Å². The minimum absolute atomic E-state index is 0.0719. The summed E-state index contributed by atoms with van der Waals surface area (Å²) in [5.74, 6) is -0.191. The Morgan fingerprint density at radius 1 is 1.00 bits per heavy atom. The summed E-state index contributed by atoms with van der Waals surface area (Å²) in [6.07, 6.45) is 1.69. The molecule has 0 spiro atoms. The Labute approximate surface area is 188 Å². The largest absolute Gasteiger partial charge is 0.497 e. The van der Waals surface area contributed by atoms with Crippen LogP contribution >= 0.6 is 23.2 Å². The van der Waals surface area contributed by atoms with E-state index in [0.29, 0.717) is 27.5 Å². The highest BCUT2D eigenvalue weighted by Gasteiger charge is 2.26. The van der Waals surface area contributed by atoms with E-state index >= 15 is 0 Å². The zero-order valence-corrected chi connectivity index (χ0v) is 17.9. The number of benzene rings is 2. The van der Waals surface area contributed by atoms with Crippen LogP contribution in [0.4, 0.5) is 11.4 Å². The highest BCUT2D eigenvalue weighted by molar-refractivity contribution is 6.44. The number of nitrogens with one attached hydrogen (secondary N) is 1. The zero-order chi connectivity index (χ0) is 22.1. The second kappa shape index (κ2) is 8.34. The van der Waals surface area contributed by atoms with Crippen molar-refractivity contribution in [3.8, 4) is 5.75 Å². The van der Waals surface area contributed by atoms with E-state index in [9.17, 15) is 9.59 Å². The maximum Gasteiger partial charge on any atom is 0.260 e. The lowest BCUT2D eigenvalue weighted by Crippen LogP contribution is -2.14. The number of anilines is 2. The number of pyridine rings is 1. The van der Waals surface area contributed by atoms with E-state index in [1.54, 1.807) is 78.4 Å². The Balaban J connectivity index is 1.80. The number of aromatic nitrogens is 1. The van der Waals surface area contributed by atoms with Gasteiger partial charge in [0, 0.05) is 11.8 Å². The fourth-order valence-corrected chi connectivity index (χ4v) is 3.71. The Morgan fingerprint density at radius 2 is 1.74 bits per heavy atom. The molecule has 0 radical (unpaired) electrons. The molecule has 8 heteroatoms. The molecular weight excluding hydrogens is 437 g/mol. The molecular formula is C23H17Cl2N3O3. The minimum Gasteiger partial charge on any atom is -0.497 e. The first-order chi connectivity index (χ1) is 14.9. The number of rotatable bonds is 5. The van der Waals surface area contributed by atoms with Gasteiger partial charge in [-0.05, 0) is 48.5 Å². The molecule has 31 heavy (non-hydrogen) atoms. The molecule has 1 amide bonds. The predicted octanol–water partition coefficient (Wildman–Crippen LogP) is 5.32. The van der Waals surface area contributed by atoms with Crippen LogP contribution in [0.15, 0.2) is 66.9 Å². The monoisotopic (exact) mass is 453 g/mol. The molecule has 4 rings (SSSR count). The number of amides is 1. The average molecular weight is 454 g/mol. The van der Waals surface area contributed by atoms with E-state index in [4.69, 9.17) is 33.7 Å². The fraction of sp³-hybridized carbons (Fsp3) is 0.0435. The van der Waals surface area contributed by atoms with Crippen molar-refractivity contribution in [1.82, 2.24) is 4.40 Å². The van der Waals surface area contributed by atoms with Crippen LogP contribution in [0.25, 0.3) is 5.52 Å². The molecule has 0 aliphatic carbocycles. The summed E-state index contributed by atoms with van der Waals surface area (Å²) in [6.45, 7) is 0. The van der Waals surface area contributed by atoms with Crippen LogP contribution in [-0.2, 0) is 0 Å². The van der Waals surface area contributed by atoms with Gasteiger partial charge in [0.15, 0.2) is 0 Å². The lowest BCUT2D eigenvalue weighted by molar-refractivity contribution is 0.102. The second-order valence-corrected chi connectivity index (χ2v) is 7.49. The van der Waals surface area contributed by atoms with Gasteiger partial charge in [-0.1, -0.05) is 35.3 Å². The molecule has 2 heterocycles.